The minimum Gasteiger partial charge on any atom is -0.354 e. The molecule has 1 aliphatic rings. The van der Waals surface area contributed by atoms with Gasteiger partial charge in [-0.15, -0.1) is 0 Å². The number of pyridine rings is 1. The number of piperazine rings is 1. The highest BCUT2D eigenvalue weighted by molar-refractivity contribution is 5.91. The maximum atomic E-state index is 13.4. The van der Waals surface area contributed by atoms with E-state index in [2.05, 4.69) is 38.2 Å². The minimum atomic E-state index is -0.267. The zero-order chi connectivity index (χ0) is 24.2. The molecule has 0 bridgehead atoms. The van der Waals surface area contributed by atoms with Crippen LogP contribution in [0.5, 0.6) is 0 Å². The molecule has 0 radical (unpaired) electrons. The average molecular weight is 472 g/mol. The smallest absolute Gasteiger partial charge is 0.220 e. The number of nitrogens with one attached hydrogen (secondary N) is 2. The molecule has 35 heavy (non-hydrogen) atoms. The Hall–Kier alpha value is -3.71. The van der Waals surface area contributed by atoms with Gasteiger partial charge in [-0.05, 0) is 66.6 Å². The van der Waals surface area contributed by atoms with Crippen LogP contribution in [0.15, 0.2) is 66.9 Å². The number of carbonyl (C=O) groups excluding carboxylic acids is 1. The van der Waals surface area contributed by atoms with E-state index in [0.29, 0.717) is 19.4 Å². The predicted molar refractivity (Wildman–Crippen MR) is 138 cm³/mol. The van der Waals surface area contributed by atoms with Crippen LogP contribution in [0.25, 0.3) is 22.2 Å². The van der Waals surface area contributed by atoms with E-state index in [4.69, 9.17) is 0 Å². The summed E-state index contributed by atoms with van der Waals surface area (Å²) in [5, 5.41) is 4.11. The number of carbonyl (C=O) groups is 1. The van der Waals surface area contributed by atoms with Crippen molar-refractivity contribution >= 4 is 22.6 Å². The lowest BCUT2D eigenvalue weighted by molar-refractivity contribution is -0.121. The first-order valence-electron chi connectivity index (χ1n) is 12.1. The first kappa shape index (κ1) is 23.1. The number of halogens is 1. The number of anilines is 1. The van der Waals surface area contributed by atoms with Crippen molar-refractivity contribution in [1.29, 1.82) is 0 Å². The lowest BCUT2D eigenvalue weighted by Gasteiger charge is -2.33. The standard InChI is InChI=1S/C28H30FN5O/c1-33-14-16-34(17-15-33)26-12-6-20(18-30-26)19-31-27(35)13-11-24-23-4-2-3-5-25(23)32-28(24)21-7-9-22(29)10-8-21/h2-10,12,18,32H,11,13-17,19H2,1H3,(H,31,35). The fraction of sp³-hybridized carbons (Fsp3) is 0.286. The normalized spacial score (nSPS) is 14.4. The molecule has 0 spiro atoms. The third-order valence-corrected chi connectivity index (χ3v) is 6.67. The Labute approximate surface area is 204 Å². The molecule has 180 valence electrons. The summed E-state index contributed by atoms with van der Waals surface area (Å²) in [5.74, 6) is 0.709. The number of aryl methyl sites for hydroxylation is 1. The molecule has 6 nitrogen and oxygen atoms in total. The van der Waals surface area contributed by atoms with Crippen molar-refractivity contribution in [2.75, 3.05) is 38.1 Å². The first-order valence-corrected chi connectivity index (χ1v) is 12.1. The molecular weight excluding hydrogens is 441 g/mol. The average Bonchev–Trinajstić information content (AvgIpc) is 3.26. The Morgan fingerprint density at radius 1 is 1.03 bits per heavy atom. The SMILES string of the molecule is CN1CCN(c2ccc(CNC(=O)CCc3c(-c4ccc(F)cc4)[nH]c4ccccc34)cn2)CC1. The lowest BCUT2D eigenvalue weighted by atomic mass is 10.0. The van der Waals surface area contributed by atoms with Crippen LogP contribution >= 0.6 is 0 Å². The molecule has 2 aromatic heterocycles. The van der Waals surface area contributed by atoms with Crippen LogP contribution in [0.4, 0.5) is 10.2 Å². The van der Waals surface area contributed by atoms with Gasteiger partial charge >= 0.3 is 0 Å². The molecule has 1 saturated heterocycles. The van der Waals surface area contributed by atoms with Crippen molar-refractivity contribution in [2.24, 2.45) is 0 Å². The zero-order valence-electron chi connectivity index (χ0n) is 19.9. The molecule has 5 rings (SSSR count). The van der Waals surface area contributed by atoms with E-state index in [0.717, 1.165) is 65.3 Å². The molecule has 2 N–H and O–H groups in total. The van der Waals surface area contributed by atoms with Crippen LogP contribution in [-0.4, -0.2) is 54.0 Å². The van der Waals surface area contributed by atoms with Gasteiger partial charge in [0.2, 0.25) is 5.91 Å². The first-order chi connectivity index (χ1) is 17.1. The topological polar surface area (TPSA) is 64.3 Å². The second-order valence-electron chi connectivity index (χ2n) is 9.12. The van der Waals surface area contributed by atoms with E-state index in [1.165, 1.54) is 12.1 Å². The molecule has 0 saturated carbocycles. The number of hydrogen-bond acceptors (Lipinski definition) is 4. The molecule has 1 fully saturated rings. The number of nitrogens with zero attached hydrogens (tertiary/aromatic N) is 3. The molecular formula is C28H30FN5O. The Morgan fingerprint density at radius 2 is 1.80 bits per heavy atom. The maximum absolute atomic E-state index is 13.4. The van der Waals surface area contributed by atoms with Crippen LogP contribution in [0.1, 0.15) is 17.5 Å². The van der Waals surface area contributed by atoms with Crippen LogP contribution in [-0.2, 0) is 17.8 Å². The minimum absolute atomic E-state index is 0.0107. The summed E-state index contributed by atoms with van der Waals surface area (Å²) in [5.41, 5.74) is 4.90. The molecule has 4 aromatic rings. The molecule has 2 aromatic carbocycles. The van der Waals surface area contributed by atoms with Crippen molar-refractivity contribution in [3.8, 4) is 11.3 Å². The van der Waals surface area contributed by atoms with Crippen molar-refractivity contribution in [3.63, 3.8) is 0 Å². The molecule has 1 amide bonds. The zero-order valence-corrected chi connectivity index (χ0v) is 19.9. The van der Waals surface area contributed by atoms with Crippen LogP contribution in [0.3, 0.4) is 0 Å². The quantitative estimate of drug-likeness (QED) is 0.420. The molecule has 0 aliphatic carbocycles. The Balaban J connectivity index is 1.21. The van der Waals surface area contributed by atoms with Crippen molar-refractivity contribution in [3.05, 3.63) is 83.8 Å². The van der Waals surface area contributed by atoms with E-state index in [9.17, 15) is 9.18 Å². The number of fused-ring (bicyclic) bond motifs is 1. The largest absolute Gasteiger partial charge is 0.354 e. The summed E-state index contributed by atoms with van der Waals surface area (Å²) in [6.07, 6.45) is 2.80. The van der Waals surface area contributed by atoms with Crippen LogP contribution in [0.2, 0.25) is 0 Å². The monoisotopic (exact) mass is 471 g/mol. The summed E-state index contributed by atoms with van der Waals surface area (Å²) < 4.78 is 13.4. The number of benzene rings is 2. The molecule has 1 aliphatic heterocycles. The summed E-state index contributed by atoms with van der Waals surface area (Å²) in [7, 11) is 2.14. The van der Waals surface area contributed by atoms with E-state index in [-0.39, 0.29) is 11.7 Å². The fourth-order valence-electron chi connectivity index (χ4n) is 4.59. The van der Waals surface area contributed by atoms with Gasteiger partial charge in [-0.1, -0.05) is 24.3 Å². The number of likely N-dealkylation sites (N-methyl/N-ethyl adjacent to an activating group) is 1. The van der Waals surface area contributed by atoms with Gasteiger partial charge in [0, 0.05) is 61.9 Å². The van der Waals surface area contributed by atoms with Crippen LogP contribution < -0.4 is 10.2 Å². The van der Waals surface area contributed by atoms with E-state index in [1.807, 2.05) is 36.5 Å². The van der Waals surface area contributed by atoms with E-state index in [1.54, 1.807) is 12.1 Å². The van der Waals surface area contributed by atoms with Crippen molar-refractivity contribution in [2.45, 2.75) is 19.4 Å². The van der Waals surface area contributed by atoms with Gasteiger partial charge < -0.3 is 20.1 Å². The summed E-state index contributed by atoms with van der Waals surface area (Å²) in [6.45, 7) is 4.49. The highest BCUT2D eigenvalue weighted by Gasteiger charge is 2.16. The summed E-state index contributed by atoms with van der Waals surface area (Å²) in [4.78, 5) is 25.3. The summed E-state index contributed by atoms with van der Waals surface area (Å²) >= 11 is 0. The second kappa shape index (κ2) is 10.3. The molecule has 0 unspecified atom stereocenters. The molecule has 3 heterocycles. The molecule has 0 atom stereocenters. The fourth-order valence-corrected chi connectivity index (χ4v) is 4.59. The molecule has 7 heteroatoms. The van der Waals surface area contributed by atoms with Gasteiger partial charge in [-0.2, -0.15) is 0 Å². The number of rotatable bonds is 7. The van der Waals surface area contributed by atoms with Gasteiger partial charge in [-0.25, -0.2) is 9.37 Å². The number of aromatic nitrogens is 2. The van der Waals surface area contributed by atoms with Crippen molar-refractivity contribution < 1.29 is 9.18 Å². The third kappa shape index (κ3) is 5.35. The lowest BCUT2D eigenvalue weighted by Crippen LogP contribution is -2.44. The van der Waals surface area contributed by atoms with Gasteiger partial charge in [0.05, 0.1) is 0 Å². The Kier molecular flexibility index (Phi) is 6.77. The van der Waals surface area contributed by atoms with Gasteiger partial charge in [0.1, 0.15) is 11.6 Å². The second-order valence-corrected chi connectivity index (χ2v) is 9.12. The summed E-state index contributed by atoms with van der Waals surface area (Å²) in [6, 6.07) is 18.6. The van der Waals surface area contributed by atoms with E-state index >= 15 is 0 Å². The van der Waals surface area contributed by atoms with Gasteiger partial charge in [0.15, 0.2) is 0 Å². The number of amides is 1. The predicted octanol–water partition coefficient (Wildman–Crippen LogP) is 4.37. The number of aromatic amines is 1. The van der Waals surface area contributed by atoms with Crippen LogP contribution in [0, 0.1) is 5.82 Å². The Bertz CT molecular complexity index is 1290. The van der Waals surface area contributed by atoms with Gasteiger partial charge in [-0.3, -0.25) is 4.79 Å². The maximum Gasteiger partial charge on any atom is 0.220 e. The van der Waals surface area contributed by atoms with E-state index < -0.39 is 0 Å². The number of H-pyrrole nitrogens is 1. The number of hydrogen-bond donors (Lipinski definition) is 2. The Morgan fingerprint density at radius 3 is 2.54 bits per heavy atom. The number of para-hydroxylation sites is 1. The van der Waals surface area contributed by atoms with Crippen molar-refractivity contribution in [1.82, 2.24) is 20.2 Å². The third-order valence-electron chi connectivity index (χ3n) is 6.67. The highest BCUT2D eigenvalue weighted by atomic mass is 19.1. The van der Waals surface area contributed by atoms with Gasteiger partial charge in [0.25, 0.3) is 0 Å². The highest BCUT2D eigenvalue weighted by Crippen LogP contribution is 2.31.